The first-order valence-corrected chi connectivity index (χ1v) is 4.76. The van der Waals surface area contributed by atoms with Crippen molar-refractivity contribution < 1.29 is 9.21 Å². The van der Waals surface area contributed by atoms with Crippen LogP contribution in [0.1, 0.15) is 23.4 Å². The number of hydrogen-bond acceptors (Lipinski definition) is 3. The van der Waals surface area contributed by atoms with Crippen LogP contribution in [0.15, 0.2) is 28.7 Å². The molecule has 0 radical (unpaired) electrons. The topological polar surface area (TPSA) is 33.5 Å². The highest BCUT2D eigenvalue weighted by Crippen LogP contribution is 2.23. The Morgan fingerprint density at radius 1 is 1.50 bits per heavy atom. The molecule has 0 N–H and O–H groups in total. The molecule has 0 aromatic carbocycles. The van der Waals surface area contributed by atoms with E-state index in [9.17, 15) is 4.79 Å². The number of furan rings is 1. The van der Waals surface area contributed by atoms with E-state index in [2.05, 4.69) is 11.5 Å². The zero-order valence-corrected chi connectivity index (χ0v) is 8.03. The summed E-state index contributed by atoms with van der Waals surface area (Å²) in [4.78, 5) is 12.5. The summed E-state index contributed by atoms with van der Waals surface area (Å²) in [6.45, 7) is 5.78. The normalized spacial score (nSPS) is 17.1. The van der Waals surface area contributed by atoms with Gasteiger partial charge in [-0.1, -0.05) is 12.2 Å². The largest absolute Gasteiger partial charge is 0.438 e. The first-order chi connectivity index (χ1) is 6.79. The molecule has 0 amide bonds. The third kappa shape index (κ3) is 1.71. The standard InChI is InChI=1S/C11H13NO2/c1-9-3-2-6-12(7-9)11-5-4-10(8-13)14-11/h4-5,8H,1-3,6-7H2. The Kier molecular flexibility index (Phi) is 2.39. The van der Waals surface area contributed by atoms with Crippen molar-refractivity contribution in [2.24, 2.45) is 0 Å². The molecular formula is C11H13NO2. The molecule has 1 aromatic rings. The maximum absolute atomic E-state index is 10.4. The Morgan fingerprint density at radius 2 is 2.36 bits per heavy atom. The van der Waals surface area contributed by atoms with Crippen LogP contribution >= 0.6 is 0 Å². The molecule has 14 heavy (non-hydrogen) atoms. The minimum absolute atomic E-state index is 0.385. The summed E-state index contributed by atoms with van der Waals surface area (Å²) >= 11 is 0. The van der Waals surface area contributed by atoms with Crippen LogP contribution in [-0.2, 0) is 0 Å². The van der Waals surface area contributed by atoms with E-state index in [1.807, 2.05) is 6.07 Å². The van der Waals surface area contributed by atoms with Gasteiger partial charge < -0.3 is 9.32 Å². The van der Waals surface area contributed by atoms with Crippen molar-refractivity contribution >= 4 is 12.2 Å². The van der Waals surface area contributed by atoms with Gasteiger partial charge in [0.2, 0.25) is 0 Å². The summed E-state index contributed by atoms with van der Waals surface area (Å²) < 4.78 is 5.34. The molecule has 3 heteroatoms. The number of rotatable bonds is 2. The van der Waals surface area contributed by atoms with E-state index in [1.54, 1.807) is 6.07 Å². The second kappa shape index (κ2) is 3.70. The highest BCUT2D eigenvalue weighted by Gasteiger charge is 2.15. The first-order valence-electron chi connectivity index (χ1n) is 4.76. The van der Waals surface area contributed by atoms with Crippen molar-refractivity contribution in [3.8, 4) is 0 Å². The van der Waals surface area contributed by atoms with Crippen LogP contribution in [-0.4, -0.2) is 19.4 Å². The Balaban J connectivity index is 2.13. The van der Waals surface area contributed by atoms with E-state index >= 15 is 0 Å². The predicted octanol–water partition coefficient (Wildman–Crippen LogP) is 2.25. The minimum Gasteiger partial charge on any atom is -0.438 e. The molecule has 0 atom stereocenters. The fourth-order valence-corrected chi connectivity index (χ4v) is 1.71. The lowest BCUT2D eigenvalue weighted by Gasteiger charge is -2.27. The number of anilines is 1. The molecule has 74 valence electrons. The molecule has 0 aliphatic carbocycles. The highest BCUT2D eigenvalue weighted by atomic mass is 16.4. The molecule has 1 aromatic heterocycles. The molecule has 2 rings (SSSR count). The predicted molar refractivity (Wildman–Crippen MR) is 54.7 cm³/mol. The average molecular weight is 191 g/mol. The molecule has 3 nitrogen and oxygen atoms in total. The van der Waals surface area contributed by atoms with Gasteiger partial charge in [-0.05, 0) is 18.9 Å². The van der Waals surface area contributed by atoms with Crippen molar-refractivity contribution in [1.82, 2.24) is 0 Å². The van der Waals surface area contributed by atoms with E-state index in [1.165, 1.54) is 5.57 Å². The lowest BCUT2D eigenvalue weighted by Crippen LogP contribution is -2.30. The van der Waals surface area contributed by atoms with Gasteiger partial charge >= 0.3 is 0 Å². The second-order valence-corrected chi connectivity index (χ2v) is 3.57. The number of carbonyl (C=O) groups excluding carboxylic acids is 1. The van der Waals surface area contributed by atoms with Gasteiger partial charge in [-0.15, -0.1) is 0 Å². The summed E-state index contributed by atoms with van der Waals surface area (Å²) in [6, 6.07) is 3.53. The maximum Gasteiger partial charge on any atom is 0.196 e. The van der Waals surface area contributed by atoms with Crippen molar-refractivity contribution in [3.63, 3.8) is 0 Å². The molecule has 1 saturated heterocycles. The number of piperidine rings is 1. The molecule has 2 heterocycles. The number of nitrogens with zero attached hydrogens (tertiary/aromatic N) is 1. The van der Waals surface area contributed by atoms with Crippen molar-refractivity contribution in [1.29, 1.82) is 0 Å². The summed E-state index contributed by atoms with van der Waals surface area (Å²) in [7, 11) is 0. The van der Waals surface area contributed by atoms with Gasteiger partial charge in [0.05, 0.1) is 0 Å². The fraction of sp³-hybridized carbons (Fsp3) is 0.364. The molecule has 0 saturated carbocycles. The van der Waals surface area contributed by atoms with Gasteiger partial charge in [-0.3, -0.25) is 4.79 Å². The monoisotopic (exact) mass is 191 g/mol. The lowest BCUT2D eigenvalue weighted by molar-refractivity contribution is 0.110. The van der Waals surface area contributed by atoms with Gasteiger partial charge in [0.25, 0.3) is 0 Å². The summed E-state index contributed by atoms with van der Waals surface area (Å²) in [5, 5.41) is 0. The Labute approximate surface area is 83.0 Å². The molecule has 0 bridgehead atoms. The zero-order chi connectivity index (χ0) is 9.97. The van der Waals surface area contributed by atoms with Crippen molar-refractivity contribution in [3.05, 3.63) is 30.0 Å². The molecule has 0 unspecified atom stereocenters. The van der Waals surface area contributed by atoms with Crippen LogP contribution in [0.25, 0.3) is 0 Å². The molecule has 1 aliphatic heterocycles. The van der Waals surface area contributed by atoms with E-state index < -0.39 is 0 Å². The summed E-state index contributed by atoms with van der Waals surface area (Å²) in [6.07, 6.45) is 2.93. The van der Waals surface area contributed by atoms with Crippen molar-refractivity contribution in [2.45, 2.75) is 12.8 Å². The number of hydrogen-bond donors (Lipinski definition) is 0. The van der Waals surface area contributed by atoms with E-state index in [0.29, 0.717) is 5.76 Å². The van der Waals surface area contributed by atoms with Gasteiger partial charge in [0, 0.05) is 19.2 Å². The Hall–Kier alpha value is -1.51. The Morgan fingerprint density at radius 3 is 3.00 bits per heavy atom. The summed E-state index contributed by atoms with van der Waals surface area (Å²) in [5.41, 5.74) is 1.22. The zero-order valence-electron chi connectivity index (χ0n) is 8.03. The third-order valence-corrected chi connectivity index (χ3v) is 2.41. The molecule has 0 spiro atoms. The van der Waals surface area contributed by atoms with Gasteiger partial charge in [-0.25, -0.2) is 0 Å². The SMILES string of the molecule is C=C1CCCN(c2ccc(C=O)o2)C1. The van der Waals surface area contributed by atoms with Crippen LogP contribution in [0, 0.1) is 0 Å². The van der Waals surface area contributed by atoms with Crippen LogP contribution < -0.4 is 4.90 Å². The van der Waals surface area contributed by atoms with Crippen molar-refractivity contribution in [2.75, 3.05) is 18.0 Å². The van der Waals surface area contributed by atoms with E-state index in [-0.39, 0.29) is 0 Å². The molecular weight excluding hydrogens is 178 g/mol. The second-order valence-electron chi connectivity index (χ2n) is 3.57. The molecule has 1 fully saturated rings. The average Bonchev–Trinajstić information content (AvgIpc) is 2.66. The van der Waals surface area contributed by atoms with Gasteiger partial charge in [-0.2, -0.15) is 0 Å². The maximum atomic E-state index is 10.4. The van der Waals surface area contributed by atoms with Crippen LogP contribution in [0.3, 0.4) is 0 Å². The van der Waals surface area contributed by atoms with Crippen LogP contribution in [0.4, 0.5) is 5.88 Å². The number of aldehydes is 1. The van der Waals surface area contributed by atoms with Gasteiger partial charge in [0.1, 0.15) is 0 Å². The first kappa shape index (κ1) is 9.06. The highest BCUT2D eigenvalue weighted by molar-refractivity contribution is 5.71. The Bertz CT molecular complexity index is 354. The minimum atomic E-state index is 0.385. The quantitative estimate of drug-likeness (QED) is 0.531. The smallest absolute Gasteiger partial charge is 0.196 e. The van der Waals surface area contributed by atoms with Crippen LogP contribution in [0.2, 0.25) is 0 Å². The lowest BCUT2D eigenvalue weighted by atomic mass is 10.1. The van der Waals surface area contributed by atoms with E-state index in [4.69, 9.17) is 4.42 Å². The molecule has 1 aliphatic rings. The third-order valence-electron chi connectivity index (χ3n) is 2.41. The fourth-order valence-electron chi connectivity index (χ4n) is 1.71. The van der Waals surface area contributed by atoms with Gasteiger partial charge in [0.15, 0.2) is 17.9 Å². The summed E-state index contributed by atoms with van der Waals surface area (Å²) in [5.74, 6) is 1.16. The van der Waals surface area contributed by atoms with Crippen LogP contribution in [0.5, 0.6) is 0 Å². The number of carbonyl (C=O) groups is 1. The van der Waals surface area contributed by atoms with E-state index in [0.717, 1.165) is 38.1 Å².